The molecule has 1 aliphatic heterocycles. The quantitative estimate of drug-likeness (QED) is 0.749. The summed E-state index contributed by atoms with van der Waals surface area (Å²) in [6.07, 6.45) is 0. The number of hydrogen-bond acceptors (Lipinski definition) is 7. The molecule has 0 spiro atoms. The van der Waals surface area contributed by atoms with Gasteiger partial charge in [0.25, 0.3) is 0 Å². The van der Waals surface area contributed by atoms with Crippen LogP contribution in [0.4, 0.5) is 0 Å². The first-order chi connectivity index (χ1) is 11.9. The van der Waals surface area contributed by atoms with Crippen LogP contribution in [0.15, 0.2) is 34.7 Å². The highest BCUT2D eigenvalue weighted by atomic mass is 32.2. The van der Waals surface area contributed by atoms with E-state index in [9.17, 15) is 19.2 Å². The number of ketones is 2. The Kier molecular flexibility index (Phi) is 4.49. The number of Topliss-reactive ketones (excluding diaryl/α,β-unsaturated/α-hetero) is 2. The van der Waals surface area contributed by atoms with Gasteiger partial charge in [-0.05, 0) is 6.92 Å². The number of carboxylic acids is 1. The van der Waals surface area contributed by atoms with Crippen molar-refractivity contribution in [2.24, 2.45) is 0 Å². The van der Waals surface area contributed by atoms with E-state index in [0.29, 0.717) is 0 Å². The minimum Gasteiger partial charge on any atom is -0.480 e. The van der Waals surface area contributed by atoms with E-state index in [-0.39, 0.29) is 39.7 Å². The Morgan fingerprint density at radius 1 is 1.24 bits per heavy atom. The Labute approximate surface area is 147 Å². The van der Waals surface area contributed by atoms with E-state index in [1.165, 1.54) is 6.07 Å². The van der Waals surface area contributed by atoms with Gasteiger partial charge in [-0.3, -0.25) is 19.7 Å². The highest BCUT2D eigenvalue weighted by Crippen LogP contribution is 2.46. The Morgan fingerprint density at radius 2 is 1.88 bits per heavy atom. The summed E-state index contributed by atoms with van der Waals surface area (Å²) in [7, 11) is 0. The molecular weight excluding hydrogens is 346 g/mol. The van der Waals surface area contributed by atoms with Crippen molar-refractivity contribution in [1.82, 2.24) is 5.32 Å². The number of carbonyl (C=O) groups is 4. The van der Waals surface area contributed by atoms with Gasteiger partial charge in [-0.25, -0.2) is 4.79 Å². The van der Waals surface area contributed by atoms with Crippen LogP contribution in [0.5, 0.6) is 0 Å². The molecule has 0 saturated carbocycles. The molecule has 1 unspecified atom stereocenters. The zero-order chi connectivity index (χ0) is 18.2. The fraction of sp³-hybridized carbons (Fsp3) is 0.294. The average molecular weight is 361 g/mol. The van der Waals surface area contributed by atoms with E-state index in [1.807, 2.05) is 0 Å². The zero-order valence-corrected chi connectivity index (χ0v) is 14.1. The van der Waals surface area contributed by atoms with Crippen molar-refractivity contribution in [2.45, 2.75) is 12.5 Å². The monoisotopic (exact) mass is 361 g/mol. The molecule has 0 radical (unpaired) electrons. The molecule has 130 valence electrons. The molecule has 8 heteroatoms. The lowest BCUT2D eigenvalue weighted by atomic mass is 9.79. The molecule has 0 aromatic heterocycles. The van der Waals surface area contributed by atoms with Crippen LogP contribution in [-0.2, 0) is 14.3 Å². The van der Waals surface area contributed by atoms with Gasteiger partial charge in [-0.15, -0.1) is 11.8 Å². The number of hydrogen-bond donors (Lipinski definition) is 2. The summed E-state index contributed by atoms with van der Waals surface area (Å²) in [5.41, 5.74) is -1.16. The number of carboxylic acid groups (broad SMARTS) is 1. The van der Waals surface area contributed by atoms with E-state index < -0.39 is 29.8 Å². The minimum absolute atomic E-state index is 0.0131. The molecule has 25 heavy (non-hydrogen) atoms. The van der Waals surface area contributed by atoms with Crippen molar-refractivity contribution >= 4 is 35.3 Å². The number of thioether (sulfide) groups is 1. The maximum atomic E-state index is 13.0. The number of rotatable bonds is 5. The van der Waals surface area contributed by atoms with Crippen LogP contribution < -0.4 is 5.32 Å². The lowest BCUT2D eigenvalue weighted by Gasteiger charge is -2.30. The van der Waals surface area contributed by atoms with Crippen molar-refractivity contribution in [1.29, 1.82) is 0 Å². The molecule has 0 amide bonds. The second kappa shape index (κ2) is 6.45. The number of nitrogens with one attached hydrogen (secondary N) is 1. The largest absolute Gasteiger partial charge is 0.480 e. The van der Waals surface area contributed by atoms with Crippen LogP contribution in [0.3, 0.4) is 0 Å². The molecule has 1 aliphatic carbocycles. The Balaban J connectivity index is 2.13. The van der Waals surface area contributed by atoms with Gasteiger partial charge >= 0.3 is 11.9 Å². The van der Waals surface area contributed by atoms with Crippen LogP contribution in [0.25, 0.3) is 0 Å². The maximum absolute atomic E-state index is 13.0. The van der Waals surface area contributed by atoms with E-state index in [0.717, 1.165) is 11.8 Å². The number of benzene rings is 1. The summed E-state index contributed by atoms with van der Waals surface area (Å²) in [4.78, 5) is 49.5. The first-order valence-electron chi connectivity index (χ1n) is 7.62. The minimum atomic E-state index is -1.64. The fourth-order valence-electron chi connectivity index (χ4n) is 2.98. The summed E-state index contributed by atoms with van der Waals surface area (Å²) in [6, 6.07) is 6.38. The molecule has 2 N–H and O–H groups in total. The number of allylic oxidation sites excluding steroid dienone is 1. The van der Waals surface area contributed by atoms with Crippen molar-refractivity contribution in [3.8, 4) is 0 Å². The van der Waals surface area contributed by atoms with Crippen LogP contribution in [0.2, 0.25) is 0 Å². The molecule has 0 saturated heterocycles. The number of fused-ring (bicyclic) bond motifs is 1. The van der Waals surface area contributed by atoms with Crippen LogP contribution >= 0.6 is 11.8 Å². The highest BCUT2D eigenvalue weighted by Gasteiger charge is 2.55. The Bertz CT molecular complexity index is 830. The molecule has 1 aromatic rings. The van der Waals surface area contributed by atoms with E-state index in [1.54, 1.807) is 25.1 Å². The lowest BCUT2D eigenvalue weighted by molar-refractivity contribution is -0.148. The fourth-order valence-corrected chi connectivity index (χ4v) is 4.36. The summed E-state index contributed by atoms with van der Waals surface area (Å²) in [5, 5.41) is 11.6. The van der Waals surface area contributed by atoms with Crippen molar-refractivity contribution in [3.05, 3.63) is 45.9 Å². The third-order valence-corrected chi connectivity index (χ3v) is 5.36. The van der Waals surface area contributed by atoms with Crippen LogP contribution in [0, 0.1) is 0 Å². The van der Waals surface area contributed by atoms with Crippen molar-refractivity contribution < 1.29 is 29.0 Å². The van der Waals surface area contributed by atoms with Crippen molar-refractivity contribution in [2.75, 3.05) is 18.9 Å². The van der Waals surface area contributed by atoms with E-state index in [4.69, 9.17) is 9.84 Å². The van der Waals surface area contributed by atoms with Crippen molar-refractivity contribution in [3.63, 3.8) is 0 Å². The van der Waals surface area contributed by atoms with Gasteiger partial charge in [-0.1, -0.05) is 24.3 Å². The van der Waals surface area contributed by atoms with E-state index >= 15 is 0 Å². The second-order valence-corrected chi connectivity index (χ2v) is 6.56. The smallest absolute Gasteiger partial charge is 0.332 e. The third kappa shape index (κ3) is 2.67. The van der Waals surface area contributed by atoms with Crippen LogP contribution in [-0.4, -0.2) is 53.1 Å². The normalized spacial score (nSPS) is 21.8. The van der Waals surface area contributed by atoms with Gasteiger partial charge in [0.15, 0.2) is 11.3 Å². The molecule has 2 aliphatic rings. The SMILES string of the molecule is CCOC(=O)C1(NCC(=O)O)CSC2=C1C(=O)c1ccccc1C2=O. The number of esters is 1. The first kappa shape index (κ1) is 17.4. The molecule has 0 fully saturated rings. The Morgan fingerprint density at radius 3 is 2.48 bits per heavy atom. The predicted octanol–water partition coefficient (Wildman–Crippen LogP) is 1.04. The summed E-state index contributed by atoms with van der Waals surface area (Å²) in [6.45, 7) is 1.14. The molecule has 1 atom stereocenters. The third-order valence-electron chi connectivity index (χ3n) is 4.10. The van der Waals surface area contributed by atoms with Gasteiger partial charge in [0, 0.05) is 22.5 Å². The number of ether oxygens (including phenoxy) is 1. The van der Waals surface area contributed by atoms with Crippen LogP contribution in [0.1, 0.15) is 27.6 Å². The summed E-state index contributed by atoms with van der Waals surface area (Å²) in [5.74, 6) is -2.71. The zero-order valence-electron chi connectivity index (χ0n) is 13.3. The van der Waals surface area contributed by atoms with Gasteiger partial charge in [0.05, 0.1) is 18.1 Å². The van der Waals surface area contributed by atoms with Gasteiger partial charge in [0.2, 0.25) is 5.78 Å². The maximum Gasteiger partial charge on any atom is 0.332 e. The highest BCUT2D eigenvalue weighted by molar-refractivity contribution is 8.04. The molecule has 0 bridgehead atoms. The standard InChI is InChI=1S/C17H15NO6S/c1-2-24-16(23)17(18-7-11(19)20)8-25-15-12(17)13(21)9-5-3-4-6-10(9)14(15)22/h3-6,18H,2,7-8H2,1H3,(H,19,20). The Hall–Kier alpha value is -2.45. The second-order valence-electron chi connectivity index (χ2n) is 5.57. The lowest BCUT2D eigenvalue weighted by Crippen LogP contribution is -2.58. The summed E-state index contributed by atoms with van der Waals surface area (Å²) < 4.78 is 5.08. The van der Waals surface area contributed by atoms with Gasteiger partial charge < -0.3 is 9.84 Å². The number of carbonyl (C=O) groups excluding carboxylic acids is 3. The predicted molar refractivity (Wildman–Crippen MR) is 89.6 cm³/mol. The topological polar surface area (TPSA) is 110 Å². The molecule has 7 nitrogen and oxygen atoms in total. The molecule has 1 aromatic carbocycles. The molecule has 3 rings (SSSR count). The average Bonchev–Trinajstić information content (AvgIpc) is 2.99. The molecule has 1 heterocycles. The van der Waals surface area contributed by atoms with E-state index in [2.05, 4.69) is 5.32 Å². The van der Waals surface area contributed by atoms with Gasteiger partial charge in [-0.2, -0.15) is 0 Å². The molecular formula is C17H15NO6S. The van der Waals surface area contributed by atoms with Gasteiger partial charge in [0.1, 0.15) is 0 Å². The first-order valence-corrected chi connectivity index (χ1v) is 8.61. The summed E-state index contributed by atoms with van der Waals surface area (Å²) >= 11 is 1.07. The number of aliphatic carboxylic acids is 1.